The van der Waals surface area contributed by atoms with Crippen LogP contribution in [-0.2, 0) is 16.0 Å². The average molecular weight is 364 g/mol. The van der Waals surface area contributed by atoms with Gasteiger partial charge in [0.05, 0.1) is 19.8 Å². The van der Waals surface area contributed by atoms with Crippen molar-refractivity contribution in [2.75, 3.05) is 53.7 Å². The fourth-order valence-corrected chi connectivity index (χ4v) is 2.41. The molecule has 1 N–H and O–H groups in total. The molecule has 1 saturated carbocycles. The first-order valence-corrected chi connectivity index (χ1v) is 9.50. The number of methoxy groups -OCH3 is 1. The number of guanidine groups is 1. The Morgan fingerprint density at radius 1 is 1.19 bits per heavy atom. The van der Waals surface area contributed by atoms with E-state index in [1.165, 1.54) is 12.8 Å². The predicted octanol–water partition coefficient (Wildman–Crippen LogP) is 2.54. The van der Waals surface area contributed by atoms with E-state index in [9.17, 15) is 0 Å². The number of nitrogens with zero attached hydrogens (tertiary/aromatic N) is 2. The summed E-state index contributed by atoms with van der Waals surface area (Å²) in [7, 11) is 3.72. The van der Waals surface area contributed by atoms with Gasteiger partial charge in [-0.05, 0) is 43.4 Å². The lowest BCUT2D eigenvalue weighted by Crippen LogP contribution is -2.40. The number of benzene rings is 1. The van der Waals surface area contributed by atoms with Gasteiger partial charge in [0.1, 0.15) is 12.4 Å². The summed E-state index contributed by atoms with van der Waals surface area (Å²) in [6.07, 6.45) is 2.66. The molecule has 6 nitrogen and oxygen atoms in total. The minimum Gasteiger partial charge on any atom is -0.491 e. The molecule has 26 heavy (non-hydrogen) atoms. The van der Waals surface area contributed by atoms with Crippen LogP contribution in [0.2, 0.25) is 0 Å². The Balaban J connectivity index is 1.78. The molecule has 0 spiro atoms. The highest BCUT2D eigenvalue weighted by molar-refractivity contribution is 5.79. The first-order valence-electron chi connectivity index (χ1n) is 9.50. The quantitative estimate of drug-likeness (QED) is 0.351. The fourth-order valence-electron chi connectivity index (χ4n) is 2.41. The van der Waals surface area contributed by atoms with E-state index in [2.05, 4.69) is 24.2 Å². The van der Waals surface area contributed by atoms with Crippen molar-refractivity contribution in [3.63, 3.8) is 0 Å². The van der Waals surface area contributed by atoms with Crippen LogP contribution in [0.3, 0.4) is 0 Å². The molecule has 0 radical (unpaired) electrons. The molecule has 0 saturated heterocycles. The Morgan fingerprint density at radius 3 is 2.62 bits per heavy atom. The highest BCUT2D eigenvalue weighted by Gasteiger charge is 2.21. The average Bonchev–Trinajstić information content (AvgIpc) is 3.48. The molecular formula is C20H33N3O3. The van der Waals surface area contributed by atoms with Gasteiger partial charge in [0.2, 0.25) is 0 Å². The zero-order valence-electron chi connectivity index (χ0n) is 16.4. The van der Waals surface area contributed by atoms with Crippen molar-refractivity contribution in [3.05, 3.63) is 29.8 Å². The minimum absolute atomic E-state index is 0.562. The van der Waals surface area contributed by atoms with Crippen LogP contribution in [0.15, 0.2) is 29.3 Å². The summed E-state index contributed by atoms with van der Waals surface area (Å²) < 4.78 is 16.3. The number of likely N-dealkylation sites (N-methyl/N-ethyl adjacent to an activating group) is 1. The summed E-state index contributed by atoms with van der Waals surface area (Å²) in [5.41, 5.74) is 1.15. The third kappa shape index (κ3) is 8.06. The van der Waals surface area contributed by atoms with Gasteiger partial charge in [-0.1, -0.05) is 12.1 Å². The van der Waals surface area contributed by atoms with Gasteiger partial charge in [-0.3, -0.25) is 0 Å². The standard InChI is InChI=1S/C20H33N3O3/c1-4-21-20(23(2)11-12-25-16-18-5-6-18)22-15-17-7-9-19(10-8-17)26-14-13-24-3/h7-10,18H,4-6,11-16H2,1-3H3,(H,21,22). The van der Waals surface area contributed by atoms with E-state index in [4.69, 9.17) is 19.2 Å². The molecule has 0 aliphatic heterocycles. The van der Waals surface area contributed by atoms with Crippen LogP contribution in [0.25, 0.3) is 0 Å². The van der Waals surface area contributed by atoms with Gasteiger partial charge in [0.15, 0.2) is 5.96 Å². The smallest absolute Gasteiger partial charge is 0.194 e. The van der Waals surface area contributed by atoms with Crippen LogP contribution in [-0.4, -0.2) is 64.5 Å². The Morgan fingerprint density at radius 2 is 1.96 bits per heavy atom. The lowest BCUT2D eigenvalue weighted by atomic mass is 10.2. The summed E-state index contributed by atoms with van der Waals surface area (Å²) in [4.78, 5) is 6.85. The summed E-state index contributed by atoms with van der Waals surface area (Å²) in [5.74, 6) is 2.57. The Hall–Kier alpha value is -1.79. The molecule has 1 aromatic carbocycles. The van der Waals surface area contributed by atoms with Crippen molar-refractivity contribution in [2.45, 2.75) is 26.3 Å². The number of aliphatic imine (C=N–C) groups is 1. The lowest BCUT2D eigenvalue weighted by molar-refractivity contribution is 0.115. The second kappa shape index (κ2) is 11.8. The Labute approximate surface area is 157 Å². The van der Waals surface area contributed by atoms with Crippen LogP contribution >= 0.6 is 0 Å². The van der Waals surface area contributed by atoms with Gasteiger partial charge in [0, 0.05) is 33.9 Å². The molecule has 1 fully saturated rings. The fraction of sp³-hybridized carbons (Fsp3) is 0.650. The maximum Gasteiger partial charge on any atom is 0.194 e. The Bertz CT molecular complexity index is 530. The number of ether oxygens (including phenoxy) is 3. The molecule has 0 amide bonds. The minimum atomic E-state index is 0.562. The molecule has 1 aliphatic carbocycles. The molecule has 0 aromatic heterocycles. The molecule has 0 heterocycles. The molecule has 6 heteroatoms. The second-order valence-electron chi connectivity index (χ2n) is 6.60. The van der Waals surface area contributed by atoms with Crippen LogP contribution in [0.4, 0.5) is 0 Å². The van der Waals surface area contributed by atoms with Crippen molar-refractivity contribution >= 4 is 5.96 Å². The van der Waals surface area contributed by atoms with Crippen molar-refractivity contribution in [2.24, 2.45) is 10.9 Å². The second-order valence-corrected chi connectivity index (χ2v) is 6.60. The van der Waals surface area contributed by atoms with Crippen molar-refractivity contribution in [3.8, 4) is 5.75 Å². The van der Waals surface area contributed by atoms with E-state index in [1.807, 2.05) is 24.3 Å². The zero-order chi connectivity index (χ0) is 18.6. The molecule has 146 valence electrons. The van der Waals surface area contributed by atoms with E-state index in [-0.39, 0.29) is 0 Å². The van der Waals surface area contributed by atoms with E-state index in [0.717, 1.165) is 49.5 Å². The maximum atomic E-state index is 5.73. The lowest BCUT2D eigenvalue weighted by Gasteiger charge is -2.22. The van der Waals surface area contributed by atoms with E-state index in [0.29, 0.717) is 19.8 Å². The van der Waals surface area contributed by atoms with Gasteiger partial charge >= 0.3 is 0 Å². The first-order chi connectivity index (χ1) is 12.7. The van der Waals surface area contributed by atoms with Crippen molar-refractivity contribution in [1.82, 2.24) is 10.2 Å². The van der Waals surface area contributed by atoms with E-state index in [1.54, 1.807) is 7.11 Å². The van der Waals surface area contributed by atoms with Crippen LogP contribution < -0.4 is 10.1 Å². The maximum absolute atomic E-state index is 5.73. The highest BCUT2D eigenvalue weighted by Crippen LogP contribution is 2.28. The van der Waals surface area contributed by atoms with Gasteiger partial charge in [0.25, 0.3) is 0 Å². The van der Waals surface area contributed by atoms with Gasteiger partial charge in [-0.15, -0.1) is 0 Å². The van der Waals surface area contributed by atoms with Crippen LogP contribution in [0, 0.1) is 5.92 Å². The van der Waals surface area contributed by atoms with Gasteiger partial charge in [-0.25, -0.2) is 4.99 Å². The van der Waals surface area contributed by atoms with Crippen molar-refractivity contribution < 1.29 is 14.2 Å². The molecular weight excluding hydrogens is 330 g/mol. The largest absolute Gasteiger partial charge is 0.491 e. The normalized spacial score (nSPS) is 14.3. The molecule has 0 bridgehead atoms. The topological polar surface area (TPSA) is 55.3 Å². The monoisotopic (exact) mass is 363 g/mol. The van der Waals surface area contributed by atoms with Crippen molar-refractivity contribution in [1.29, 1.82) is 0 Å². The summed E-state index contributed by atoms with van der Waals surface area (Å²) in [5, 5.41) is 3.34. The first kappa shape index (κ1) is 20.5. The number of hydrogen-bond acceptors (Lipinski definition) is 4. The third-order valence-electron chi connectivity index (χ3n) is 4.21. The van der Waals surface area contributed by atoms with E-state index >= 15 is 0 Å². The molecule has 0 atom stereocenters. The molecule has 0 unspecified atom stereocenters. The predicted molar refractivity (Wildman–Crippen MR) is 105 cm³/mol. The number of nitrogens with one attached hydrogen (secondary N) is 1. The van der Waals surface area contributed by atoms with Gasteiger partial charge in [-0.2, -0.15) is 0 Å². The molecule has 1 aromatic rings. The molecule has 1 aliphatic rings. The van der Waals surface area contributed by atoms with E-state index < -0.39 is 0 Å². The van der Waals surface area contributed by atoms with Gasteiger partial charge < -0.3 is 24.4 Å². The highest BCUT2D eigenvalue weighted by atomic mass is 16.5. The summed E-state index contributed by atoms with van der Waals surface area (Å²) in [6.45, 7) is 7.20. The number of hydrogen-bond donors (Lipinski definition) is 1. The third-order valence-corrected chi connectivity index (χ3v) is 4.21. The SMILES string of the molecule is CCNC(=NCc1ccc(OCCOC)cc1)N(C)CCOCC1CC1. The van der Waals surface area contributed by atoms with Crippen LogP contribution in [0.5, 0.6) is 5.75 Å². The summed E-state index contributed by atoms with van der Waals surface area (Å²) in [6, 6.07) is 8.05. The van der Waals surface area contributed by atoms with Crippen LogP contribution in [0.1, 0.15) is 25.3 Å². The number of rotatable bonds is 12. The Kier molecular flexibility index (Phi) is 9.28. The molecule has 2 rings (SSSR count). The zero-order valence-corrected chi connectivity index (χ0v) is 16.4. The summed E-state index contributed by atoms with van der Waals surface area (Å²) >= 11 is 0.